The van der Waals surface area contributed by atoms with E-state index in [9.17, 15) is 9.18 Å². The molecule has 6 heteroatoms. The van der Waals surface area contributed by atoms with Gasteiger partial charge in [-0.25, -0.2) is 4.39 Å². The minimum atomic E-state index is -0.215. The third kappa shape index (κ3) is 4.55. The highest BCUT2D eigenvalue weighted by molar-refractivity contribution is 9.10. The van der Waals surface area contributed by atoms with Crippen molar-refractivity contribution in [3.8, 4) is 5.75 Å². The van der Waals surface area contributed by atoms with Crippen molar-refractivity contribution in [1.29, 1.82) is 0 Å². The van der Waals surface area contributed by atoms with Crippen LogP contribution in [0, 0.1) is 11.7 Å². The van der Waals surface area contributed by atoms with Crippen molar-refractivity contribution < 1.29 is 13.9 Å². The zero-order valence-corrected chi connectivity index (χ0v) is 17.3. The first-order valence-electron chi connectivity index (χ1n) is 9.78. The fraction of sp³-hybridized carbons (Fsp3) is 0.409. The van der Waals surface area contributed by atoms with Gasteiger partial charge in [-0.05, 0) is 55.3 Å². The van der Waals surface area contributed by atoms with Crippen LogP contribution in [0.2, 0.25) is 0 Å². The smallest absolute Gasteiger partial charge is 0.224 e. The van der Waals surface area contributed by atoms with Gasteiger partial charge in [-0.2, -0.15) is 0 Å². The summed E-state index contributed by atoms with van der Waals surface area (Å²) in [6, 6.07) is 12.6. The Hall–Kier alpha value is -1.92. The third-order valence-corrected chi connectivity index (χ3v) is 5.99. The second-order valence-corrected chi connectivity index (χ2v) is 8.50. The Kier molecular flexibility index (Phi) is 5.97. The molecule has 4 nitrogen and oxygen atoms in total. The molecule has 0 radical (unpaired) electrons. The molecule has 4 rings (SSSR count). The average Bonchev–Trinajstić information content (AvgIpc) is 2.69. The summed E-state index contributed by atoms with van der Waals surface area (Å²) in [6.45, 7) is 2.93. The summed E-state index contributed by atoms with van der Waals surface area (Å²) in [5, 5.41) is 3.24. The number of carbonyl (C=O) groups is 1. The zero-order chi connectivity index (χ0) is 19.5. The second-order valence-electron chi connectivity index (χ2n) is 7.58. The largest absolute Gasteiger partial charge is 0.493 e. The molecule has 2 aliphatic rings. The first-order valence-corrected chi connectivity index (χ1v) is 10.6. The zero-order valence-electron chi connectivity index (χ0n) is 15.7. The van der Waals surface area contributed by atoms with Crippen LogP contribution in [-0.2, 0) is 11.3 Å². The van der Waals surface area contributed by atoms with Gasteiger partial charge in [0, 0.05) is 29.5 Å². The molecule has 1 saturated heterocycles. The molecular weight excluding hydrogens is 423 g/mol. The molecule has 1 fully saturated rings. The lowest BCUT2D eigenvalue weighted by Gasteiger charge is -2.34. The number of fused-ring (bicyclic) bond motifs is 1. The van der Waals surface area contributed by atoms with E-state index in [1.165, 1.54) is 6.07 Å². The molecule has 1 N–H and O–H groups in total. The van der Waals surface area contributed by atoms with Crippen molar-refractivity contribution >= 4 is 21.8 Å². The molecule has 0 aromatic heterocycles. The lowest BCUT2D eigenvalue weighted by Crippen LogP contribution is -2.44. The van der Waals surface area contributed by atoms with Crippen molar-refractivity contribution in [3.63, 3.8) is 0 Å². The van der Waals surface area contributed by atoms with E-state index < -0.39 is 0 Å². The van der Waals surface area contributed by atoms with Gasteiger partial charge in [-0.1, -0.05) is 28.1 Å². The molecule has 1 amide bonds. The van der Waals surface area contributed by atoms with Crippen LogP contribution >= 0.6 is 15.9 Å². The number of likely N-dealkylation sites (tertiary alicyclic amines) is 1. The van der Waals surface area contributed by atoms with E-state index in [0.29, 0.717) is 19.7 Å². The summed E-state index contributed by atoms with van der Waals surface area (Å²) in [6.07, 6.45) is 2.64. The molecule has 0 saturated carbocycles. The Bertz CT molecular complexity index is 860. The number of ether oxygens (including phenoxy) is 1. The number of halogens is 2. The number of benzene rings is 2. The van der Waals surface area contributed by atoms with Gasteiger partial charge in [-0.15, -0.1) is 0 Å². The maximum atomic E-state index is 13.4. The van der Waals surface area contributed by atoms with Crippen LogP contribution in [0.4, 0.5) is 4.39 Å². The predicted octanol–water partition coefficient (Wildman–Crippen LogP) is 4.44. The van der Waals surface area contributed by atoms with Crippen molar-refractivity contribution in [2.24, 2.45) is 5.92 Å². The molecule has 28 heavy (non-hydrogen) atoms. The molecule has 0 aliphatic carbocycles. The molecule has 0 spiro atoms. The third-order valence-electron chi connectivity index (χ3n) is 5.50. The number of carbonyl (C=O) groups excluding carboxylic acids is 1. The minimum Gasteiger partial charge on any atom is -0.493 e. The Morgan fingerprint density at radius 2 is 2.14 bits per heavy atom. The predicted molar refractivity (Wildman–Crippen MR) is 110 cm³/mol. The van der Waals surface area contributed by atoms with E-state index >= 15 is 0 Å². The number of hydrogen-bond acceptors (Lipinski definition) is 3. The topological polar surface area (TPSA) is 41.6 Å². The van der Waals surface area contributed by atoms with Gasteiger partial charge in [0.1, 0.15) is 11.6 Å². The van der Waals surface area contributed by atoms with Gasteiger partial charge in [0.05, 0.1) is 18.6 Å². The molecular formula is C22H24BrFN2O2. The van der Waals surface area contributed by atoms with Crippen LogP contribution in [0.15, 0.2) is 46.9 Å². The number of piperidine rings is 1. The van der Waals surface area contributed by atoms with Crippen LogP contribution in [0.1, 0.15) is 36.4 Å². The Labute approximate surface area is 173 Å². The number of rotatable bonds is 4. The molecule has 2 aromatic carbocycles. The van der Waals surface area contributed by atoms with Crippen molar-refractivity contribution in [2.45, 2.75) is 31.8 Å². The van der Waals surface area contributed by atoms with Gasteiger partial charge < -0.3 is 10.1 Å². The van der Waals surface area contributed by atoms with Crippen molar-refractivity contribution in [3.05, 3.63) is 63.9 Å². The standard InChI is InChI=1S/C22H24BrFN2O2/c23-17-6-7-21-19(12-17)20(8-10-28-21)25-22(27)16-4-2-9-26(14-16)13-15-3-1-5-18(24)11-15/h1,3,5-7,11-12,16,20H,2,4,8-10,13-14H2,(H,25,27). The van der Waals surface area contributed by atoms with Gasteiger partial charge >= 0.3 is 0 Å². The van der Waals surface area contributed by atoms with Crippen LogP contribution in [0.5, 0.6) is 5.75 Å². The minimum absolute atomic E-state index is 0.0210. The van der Waals surface area contributed by atoms with Crippen LogP contribution in [0.25, 0.3) is 0 Å². The second kappa shape index (κ2) is 8.62. The van der Waals surface area contributed by atoms with E-state index in [0.717, 1.165) is 47.2 Å². The number of hydrogen-bond donors (Lipinski definition) is 1. The van der Waals surface area contributed by atoms with Crippen molar-refractivity contribution in [1.82, 2.24) is 10.2 Å². The molecule has 2 heterocycles. The molecule has 148 valence electrons. The lowest BCUT2D eigenvalue weighted by atomic mass is 9.94. The van der Waals surface area contributed by atoms with E-state index in [2.05, 4.69) is 26.1 Å². The van der Waals surface area contributed by atoms with Crippen LogP contribution in [0.3, 0.4) is 0 Å². The molecule has 2 atom stereocenters. The lowest BCUT2D eigenvalue weighted by molar-refractivity contribution is -0.127. The van der Waals surface area contributed by atoms with Gasteiger partial charge in [0.2, 0.25) is 5.91 Å². The number of nitrogens with one attached hydrogen (secondary N) is 1. The van der Waals surface area contributed by atoms with Crippen LogP contribution < -0.4 is 10.1 Å². The molecule has 2 aromatic rings. The fourth-order valence-electron chi connectivity index (χ4n) is 4.11. The Balaban J connectivity index is 1.39. The maximum Gasteiger partial charge on any atom is 0.224 e. The first kappa shape index (κ1) is 19.4. The fourth-order valence-corrected chi connectivity index (χ4v) is 4.49. The van der Waals surface area contributed by atoms with E-state index in [1.807, 2.05) is 24.3 Å². The quantitative estimate of drug-likeness (QED) is 0.754. The summed E-state index contributed by atoms with van der Waals surface area (Å²) < 4.78 is 20.1. The van der Waals surface area contributed by atoms with E-state index in [1.54, 1.807) is 12.1 Å². The highest BCUT2D eigenvalue weighted by atomic mass is 79.9. The normalized spacial score (nSPS) is 22.2. The number of amides is 1. The summed E-state index contributed by atoms with van der Waals surface area (Å²) >= 11 is 3.50. The van der Waals surface area contributed by atoms with Gasteiger partial charge in [0.25, 0.3) is 0 Å². The summed E-state index contributed by atoms with van der Waals surface area (Å²) in [5.41, 5.74) is 1.98. The Morgan fingerprint density at radius 1 is 1.25 bits per heavy atom. The number of nitrogens with zero attached hydrogens (tertiary/aromatic N) is 1. The molecule has 0 bridgehead atoms. The van der Waals surface area contributed by atoms with Gasteiger partial charge in [0.15, 0.2) is 0 Å². The Morgan fingerprint density at radius 3 is 3.00 bits per heavy atom. The average molecular weight is 447 g/mol. The summed E-state index contributed by atoms with van der Waals surface area (Å²) in [5.74, 6) is 0.687. The van der Waals surface area contributed by atoms with Crippen LogP contribution in [-0.4, -0.2) is 30.5 Å². The first-order chi connectivity index (χ1) is 13.6. The molecule has 2 aliphatic heterocycles. The monoisotopic (exact) mass is 446 g/mol. The van der Waals surface area contributed by atoms with Crippen molar-refractivity contribution in [2.75, 3.05) is 19.7 Å². The highest BCUT2D eigenvalue weighted by Gasteiger charge is 2.29. The highest BCUT2D eigenvalue weighted by Crippen LogP contribution is 2.34. The maximum absolute atomic E-state index is 13.4. The van der Waals surface area contributed by atoms with E-state index in [-0.39, 0.29) is 23.7 Å². The SMILES string of the molecule is O=C(NC1CCOc2ccc(Br)cc21)C1CCCN(Cc2cccc(F)c2)C1. The van der Waals surface area contributed by atoms with E-state index in [4.69, 9.17) is 4.74 Å². The summed E-state index contributed by atoms with van der Waals surface area (Å²) in [4.78, 5) is 15.2. The molecule has 2 unspecified atom stereocenters. The summed E-state index contributed by atoms with van der Waals surface area (Å²) in [7, 11) is 0. The van der Waals surface area contributed by atoms with Gasteiger partial charge in [-0.3, -0.25) is 9.69 Å².